The van der Waals surface area contributed by atoms with Crippen molar-refractivity contribution in [1.29, 1.82) is 0 Å². The zero-order chi connectivity index (χ0) is 14.7. The number of hydrogen-bond donors (Lipinski definition) is 1. The maximum absolute atomic E-state index is 12.3. The van der Waals surface area contributed by atoms with Crippen molar-refractivity contribution in [2.45, 2.75) is 6.92 Å². The van der Waals surface area contributed by atoms with E-state index < -0.39 is 5.91 Å². The van der Waals surface area contributed by atoms with Crippen molar-refractivity contribution in [2.75, 3.05) is 33.5 Å². The van der Waals surface area contributed by atoms with Crippen molar-refractivity contribution in [2.24, 2.45) is 0 Å². The average Bonchev–Trinajstić information content (AvgIpc) is 2.80. The fourth-order valence-corrected chi connectivity index (χ4v) is 2.05. The molecule has 1 aliphatic heterocycles. The Morgan fingerprint density at radius 3 is 2.85 bits per heavy atom. The molecule has 7 heteroatoms. The van der Waals surface area contributed by atoms with Gasteiger partial charge in [0.25, 0.3) is 5.91 Å². The van der Waals surface area contributed by atoms with Crippen LogP contribution in [0.5, 0.6) is 0 Å². The van der Waals surface area contributed by atoms with Gasteiger partial charge < -0.3 is 19.5 Å². The van der Waals surface area contributed by atoms with Crippen LogP contribution in [0.15, 0.2) is 17.2 Å². The van der Waals surface area contributed by atoms with Crippen molar-refractivity contribution >= 4 is 11.8 Å². The van der Waals surface area contributed by atoms with E-state index in [1.165, 1.54) is 16.0 Å². The van der Waals surface area contributed by atoms with Gasteiger partial charge in [0, 0.05) is 31.6 Å². The second kappa shape index (κ2) is 5.87. The van der Waals surface area contributed by atoms with E-state index in [0.717, 1.165) is 0 Å². The Morgan fingerprint density at radius 1 is 1.40 bits per heavy atom. The largest absolute Gasteiger partial charge is 0.383 e. The molecule has 0 bridgehead atoms. The van der Waals surface area contributed by atoms with Crippen LogP contribution in [-0.4, -0.2) is 60.1 Å². The van der Waals surface area contributed by atoms with Crippen molar-refractivity contribution in [1.82, 2.24) is 14.8 Å². The highest BCUT2D eigenvalue weighted by Gasteiger charge is 2.31. The molecular weight excluding hydrogens is 262 g/mol. The van der Waals surface area contributed by atoms with Crippen LogP contribution in [0.4, 0.5) is 0 Å². The number of carbonyl (C=O) groups is 2. The summed E-state index contributed by atoms with van der Waals surface area (Å²) in [5.74, 6) is -0.567. The summed E-state index contributed by atoms with van der Waals surface area (Å²) < 4.78 is 4.91. The van der Waals surface area contributed by atoms with Gasteiger partial charge in [0.2, 0.25) is 5.91 Å². The monoisotopic (exact) mass is 279 g/mol. The molecule has 1 aromatic heterocycles. The van der Waals surface area contributed by atoms with E-state index >= 15 is 0 Å². The Kier molecular flexibility index (Phi) is 4.19. The van der Waals surface area contributed by atoms with Gasteiger partial charge in [-0.15, -0.1) is 0 Å². The molecule has 1 fully saturated rings. The number of hydrogen-bond acceptors (Lipinski definition) is 4. The van der Waals surface area contributed by atoms with Crippen molar-refractivity contribution in [3.8, 4) is 0 Å². The number of aromatic nitrogens is 1. The first-order valence-corrected chi connectivity index (χ1v) is 6.28. The number of amides is 2. The summed E-state index contributed by atoms with van der Waals surface area (Å²) in [6, 6.07) is 0. The Hall–Kier alpha value is -2.15. The zero-order valence-corrected chi connectivity index (χ0v) is 11.5. The Morgan fingerprint density at radius 2 is 2.15 bits per heavy atom. The number of H-pyrrole nitrogens is 1. The molecule has 108 valence electrons. The number of ether oxygens (including phenoxy) is 1. The predicted molar refractivity (Wildman–Crippen MR) is 71.3 cm³/mol. The van der Waals surface area contributed by atoms with E-state index in [-0.39, 0.29) is 30.1 Å². The van der Waals surface area contributed by atoms with Crippen LogP contribution in [0, 0.1) is 6.92 Å². The lowest BCUT2D eigenvalue weighted by molar-refractivity contribution is -0.127. The lowest BCUT2D eigenvalue weighted by atomic mass is 10.2. The minimum absolute atomic E-state index is 0.00404. The van der Waals surface area contributed by atoms with Gasteiger partial charge in [0.05, 0.1) is 13.3 Å². The first kappa shape index (κ1) is 14.3. The number of nitrogens with zero attached hydrogens (tertiary/aromatic N) is 2. The van der Waals surface area contributed by atoms with Crippen LogP contribution in [0.2, 0.25) is 0 Å². The van der Waals surface area contributed by atoms with Crippen LogP contribution in [-0.2, 0) is 9.53 Å². The van der Waals surface area contributed by atoms with Gasteiger partial charge in [0.15, 0.2) is 5.43 Å². The van der Waals surface area contributed by atoms with E-state index in [0.29, 0.717) is 18.7 Å². The number of aromatic amines is 1. The van der Waals surface area contributed by atoms with Gasteiger partial charge in [-0.2, -0.15) is 0 Å². The molecule has 1 aliphatic rings. The number of methoxy groups -OCH3 is 1. The molecule has 0 radical (unpaired) electrons. The lowest BCUT2D eigenvalue weighted by Gasteiger charge is -2.17. The summed E-state index contributed by atoms with van der Waals surface area (Å²) in [5.41, 5.74) is 0.223. The van der Waals surface area contributed by atoms with Crippen molar-refractivity contribution in [3.63, 3.8) is 0 Å². The highest BCUT2D eigenvalue weighted by molar-refractivity contribution is 5.97. The van der Waals surface area contributed by atoms with E-state index in [4.69, 9.17) is 4.74 Å². The highest BCUT2D eigenvalue weighted by atomic mass is 16.5. The third kappa shape index (κ3) is 2.72. The molecule has 1 N–H and O–H groups in total. The van der Waals surface area contributed by atoms with Crippen molar-refractivity contribution < 1.29 is 14.3 Å². The Labute approximate surface area is 116 Å². The molecule has 0 spiro atoms. The standard InChI is InChI=1S/C13H17N3O4/c1-9-5-14-6-10(12(9)18)13(19)16-7-11(17)15(8-16)3-4-20-2/h5-6H,3-4,7-8H2,1-2H3,(H,14,18). The normalized spacial score (nSPS) is 15.0. The second-order valence-electron chi connectivity index (χ2n) is 4.68. The molecule has 2 heterocycles. The minimum atomic E-state index is -0.428. The van der Waals surface area contributed by atoms with Crippen LogP contribution in [0.3, 0.4) is 0 Å². The van der Waals surface area contributed by atoms with Gasteiger partial charge in [-0.25, -0.2) is 0 Å². The van der Waals surface area contributed by atoms with Crippen LogP contribution in [0.25, 0.3) is 0 Å². The zero-order valence-electron chi connectivity index (χ0n) is 11.5. The highest BCUT2D eigenvalue weighted by Crippen LogP contribution is 2.10. The van der Waals surface area contributed by atoms with Gasteiger partial charge in [-0.1, -0.05) is 0 Å². The smallest absolute Gasteiger partial charge is 0.261 e. The van der Waals surface area contributed by atoms with E-state index in [1.807, 2.05) is 0 Å². The molecule has 2 amide bonds. The molecule has 0 saturated carbocycles. The number of carbonyl (C=O) groups excluding carboxylic acids is 2. The molecular formula is C13H17N3O4. The van der Waals surface area contributed by atoms with Crippen molar-refractivity contribution in [3.05, 3.63) is 33.7 Å². The number of rotatable bonds is 4. The molecule has 0 aromatic carbocycles. The number of nitrogens with one attached hydrogen (secondary N) is 1. The SMILES string of the molecule is COCCN1CN(C(=O)c2c[nH]cc(C)c2=O)CC1=O. The third-order valence-corrected chi connectivity index (χ3v) is 3.23. The Balaban J connectivity index is 2.13. The molecule has 2 rings (SSSR count). The lowest BCUT2D eigenvalue weighted by Crippen LogP contribution is -2.35. The maximum Gasteiger partial charge on any atom is 0.261 e. The quantitative estimate of drug-likeness (QED) is 0.811. The second-order valence-corrected chi connectivity index (χ2v) is 4.68. The minimum Gasteiger partial charge on any atom is -0.383 e. The average molecular weight is 279 g/mol. The molecule has 7 nitrogen and oxygen atoms in total. The molecule has 0 atom stereocenters. The number of pyridine rings is 1. The van der Waals surface area contributed by atoms with Crippen LogP contribution in [0.1, 0.15) is 15.9 Å². The first-order valence-electron chi connectivity index (χ1n) is 6.28. The molecule has 1 saturated heterocycles. The van der Waals surface area contributed by atoms with Gasteiger partial charge in [0.1, 0.15) is 12.1 Å². The van der Waals surface area contributed by atoms with Crippen LogP contribution < -0.4 is 5.43 Å². The summed E-state index contributed by atoms with van der Waals surface area (Å²) in [6.07, 6.45) is 2.92. The summed E-state index contributed by atoms with van der Waals surface area (Å²) in [7, 11) is 1.55. The maximum atomic E-state index is 12.3. The third-order valence-electron chi connectivity index (χ3n) is 3.23. The van der Waals surface area contributed by atoms with E-state index in [2.05, 4.69) is 4.98 Å². The fraction of sp³-hybridized carbons (Fsp3) is 0.462. The number of aryl methyl sites for hydroxylation is 1. The molecule has 0 unspecified atom stereocenters. The van der Waals surface area contributed by atoms with Gasteiger partial charge in [-0.05, 0) is 6.92 Å². The topological polar surface area (TPSA) is 82.7 Å². The van der Waals surface area contributed by atoms with Gasteiger partial charge in [-0.3, -0.25) is 14.4 Å². The predicted octanol–water partition coefficient (Wildman–Crippen LogP) is -0.428. The summed E-state index contributed by atoms with van der Waals surface area (Å²) in [6.45, 7) is 2.67. The molecule has 0 aliphatic carbocycles. The first-order chi connectivity index (χ1) is 9.54. The molecule has 1 aromatic rings. The molecule has 20 heavy (non-hydrogen) atoms. The Bertz CT molecular complexity index is 581. The van der Waals surface area contributed by atoms with Crippen LogP contribution >= 0.6 is 0 Å². The van der Waals surface area contributed by atoms with Gasteiger partial charge >= 0.3 is 0 Å². The summed E-state index contributed by atoms with van der Waals surface area (Å²) >= 11 is 0. The van der Waals surface area contributed by atoms with E-state index in [1.54, 1.807) is 20.2 Å². The van der Waals surface area contributed by atoms with E-state index in [9.17, 15) is 14.4 Å². The summed E-state index contributed by atoms with van der Waals surface area (Å²) in [4.78, 5) is 41.6. The fourth-order valence-electron chi connectivity index (χ4n) is 2.05. The summed E-state index contributed by atoms with van der Waals surface area (Å²) in [5, 5.41) is 0.